The van der Waals surface area contributed by atoms with E-state index in [1.54, 1.807) is 6.07 Å². The van der Waals surface area contributed by atoms with Crippen molar-refractivity contribution >= 4 is 44.7 Å². The molecule has 0 unspecified atom stereocenters. The van der Waals surface area contributed by atoms with E-state index in [9.17, 15) is 0 Å². The lowest BCUT2D eigenvalue weighted by Crippen LogP contribution is -2.09. The van der Waals surface area contributed by atoms with E-state index in [4.69, 9.17) is 34.3 Å². The van der Waals surface area contributed by atoms with Crippen LogP contribution >= 0.6 is 39.7 Å². The normalized spacial score (nSPS) is 10.3. The predicted octanol–water partition coefficient (Wildman–Crippen LogP) is 4.84. The van der Waals surface area contributed by atoms with Gasteiger partial charge in [-0.15, -0.1) is 0 Å². The molecular weight excluding hydrogens is 346 g/mol. The lowest BCUT2D eigenvalue weighted by atomic mass is 10.1. The van der Waals surface area contributed by atoms with Crippen LogP contribution < -0.4 is 10.5 Å². The highest BCUT2D eigenvalue weighted by atomic mass is 79.9. The van der Waals surface area contributed by atoms with Crippen LogP contribution in [-0.4, -0.2) is 4.99 Å². The molecule has 0 amide bonds. The van der Waals surface area contributed by atoms with Crippen molar-refractivity contribution in [1.82, 2.24) is 0 Å². The standard InChI is InChI=1S/C14H11BrClNOS/c1-8-6-9(14(17)19)2-4-12(8)18-13-5-3-10(15)7-11(13)16/h2-7H,1H3,(H2,17,19). The highest BCUT2D eigenvalue weighted by Crippen LogP contribution is 2.33. The third-order valence-corrected chi connectivity index (χ3v) is 3.60. The Labute approximate surface area is 130 Å². The Morgan fingerprint density at radius 2 is 1.89 bits per heavy atom. The van der Waals surface area contributed by atoms with Gasteiger partial charge in [0.15, 0.2) is 0 Å². The van der Waals surface area contributed by atoms with Crippen LogP contribution in [0.15, 0.2) is 40.9 Å². The summed E-state index contributed by atoms with van der Waals surface area (Å²) in [6.07, 6.45) is 0. The number of benzene rings is 2. The molecule has 2 N–H and O–H groups in total. The summed E-state index contributed by atoms with van der Waals surface area (Å²) < 4.78 is 6.70. The monoisotopic (exact) mass is 355 g/mol. The quantitative estimate of drug-likeness (QED) is 0.799. The maximum Gasteiger partial charge on any atom is 0.146 e. The van der Waals surface area contributed by atoms with Crippen LogP contribution in [0, 0.1) is 6.92 Å². The zero-order valence-corrected chi connectivity index (χ0v) is 13.3. The molecule has 2 aromatic rings. The van der Waals surface area contributed by atoms with E-state index >= 15 is 0 Å². The van der Waals surface area contributed by atoms with Crippen LogP contribution in [0.5, 0.6) is 11.5 Å². The van der Waals surface area contributed by atoms with E-state index in [1.807, 2.05) is 37.3 Å². The van der Waals surface area contributed by atoms with Gasteiger partial charge < -0.3 is 10.5 Å². The molecule has 0 atom stereocenters. The van der Waals surface area contributed by atoms with E-state index in [1.165, 1.54) is 0 Å². The summed E-state index contributed by atoms with van der Waals surface area (Å²) in [5.41, 5.74) is 7.36. The topological polar surface area (TPSA) is 35.2 Å². The Morgan fingerprint density at radius 3 is 2.47 bits per heavy atom. The average Bonchev–Trinajstić information content (AvgIpc) is 2.34. The second-order valence-corrected chi connectivity index (χ2v) is 5.78. The number of nitrogens with two attached hydrogens (primary N) is 1. The number of ether oxygens (including phenoxy) is 1. The van der Waals surface area contributed by atoms with Gasteiger partial charge in [-0.3, -0.25) is 0 Å². The molecule has 0 radical (unpaired) electrons. The fourth-order valence-corrected chi connectivity index (χ4v) is 2.43. The summed E-state index contributed by atoms with van der Waals surface area (Å²) in [6, 6.07) is 11.0. The van der Waals surface area contributed by atoms with Gasteiger partial charge in [0.25, 0.3) is 0 Å². The Hall–Kier alpha value is -1.10. The van der Waals surface area contributed by atoms with Crippen molar-refractivity contribution in [2.45, 2.75) is 6.92 Å². The van der Waals surface area contributed by atoms with Crippen molar-refractivity contribution in [3.05, 3.63) is 57.0 Å². The third kappa shape index (κ3) is 3.47. The highest BCUT2D eigenvalue weighted by molar-refractivity contribution is 9.10. The van der Waals surface area contributed by atoms with Gasteiger partial charge in [0.2, 0.25) is 0 Å². The molecule has 0 heterocycles. The molecule has 2 aromatic carbocycles. The summed E-state index contributed by atoms with van der Waals surface area (Å²) in [5.74, 6) is 1.33. The van der Waals surface area contributed by atoms with Gasteiger partial charge in [0.1, 0.15) is 16.5 Å². The maximum absolute atomic E-state index is 6.12. The largest absolute Gasteiger partial charge is 0.456 e. The molecule has 2 nitrogen and oxygen atoms in total. The first-order chi connectivity index (χ1) is 8.97. The average molecular weight is 357 g/mol. The van der Waals surface area contributed by atoms with Crippen LogP contribution in [0.3, 0.4) is 0 Å². The summed E-state index contributed by atoms with van der Waals surface area (Å²) in [4.78, 5) is 0.372. The summed E-state index contributed by atoms with van der Waals surface area (Å²) >= 11 is 14.4. The van der Waals surface area contributed by atoms with Crippen molar-refractivity contribution in [3.63, 3.8) is 0 Å². The molecule has 0 aromatic heterocycles. The predicted molar refractivity (Wildman–Crippen MR) is 86.3 cm³/mol. The Balaban J connectivity index is 2.31. The van der Waals surface area contributed by atoms with Gasteiger partial charge in [-0.25, -0.2) is 0 Å². The van der Waals surface area contributed by atoms with Crippen molar-refractivity contribution in [1.29, 1.82) is 0 Å². The fraction of sp³-hybridized carbons (Fsp3) is 0.0714. The van der Waals surface area contributed by atoms with Crippen molar-refractivity contribution in [3.8, 4) is 11.5 Å². The number of thiocarbonyl (C=S) groups is 1. The van der Waals surface area contributed by atoms with Gasteiger partial charge in [0.05, 0.1) is 5.02 Å². The second-order valence-electron chi connectivity index (χ2n) is 4.02. The molecule has 0 saturated heterocycles. The number of rotatable bonds is 3. The molecule has 19 heavy (non-hydrogen) atoms. The molecule has 0 aliphatic carbocycles. The Bertz CT molecular complexity index is 645. The number of aryl methyl sites for hydroxylation is 1. The van der Waals surface area contributed by atoms with E-state index in [0.717, 1.165) is 21.3 Å². The lowest BCUT2D eigenvalue weighted by molar-refractivity contribution is 0.479. The molecule has 0 aliphatic rings. The van der Waals surface area contributed by atoms with Crippen LogP contribution in [0.2, 0.25) is 5.02 Å². The van der Waals surface area contributed by atoms with Gasteiger partial charge in [-0.2, -0.15) is 0 Å². The lowest BCUT2D eigenvalue weighted by Gasteiger charge is -2.11. The smallest absolute Gasteiger partial charge is 0.146 e. The number of halogens is 2. The van der Waals surface area contributed by atoms with Crippen LogP contribution in [0.1, 0.15) is 11.1 Å². The van der Waals surface area contributed by atoms with Gasteiger partial charge in [-0.1, -0.05) is 39.7 Å². The number of hydrogen-bond acceptors (Lipinski definition) is 2. The highest BCUT2D eigenvalue weighted by Gasteiger charge is 2.07. The van der Waals surface area contributed by atoms with E-state index < -0.39 is 0 Å². The Kier molecular flexibility index (Phi) is 4.45. The molecule has 0 saturated carbocycles. The SMILES string of the molecule is Cc1cc(C(N)=S)ccc1Oc1ccc(Br)cc1Cl. The molecule has 0 spiro atoms. The molecule has 2 rings (SSSR count). The molecule has 0 aliphatic heterocycles. The zero-order chi connectivity index (χ0) is 14.0. The number of hydrogen-bond donors (Lipinski definition) is 1. The zero-order valence-electron chi connectivity index (χ0n) is 10.1. The van der Waals surface area contributed by atoms with Crippen LogP contribution in [0.25, 0.3) is 0 Å². The van der Waals surface area contributed by atoms with Crippen molar-refractivity contribution < 1.29 is 4.74 Å². The first-order valence-electron chi connectivity index (χ1n) is 5.51. The minimum Gasteiger partial charge on any atom is -0.456 e. The molecular formula is C14H11BrClNOS. The van der Waals surface area contributed by atoms with Gasteiger partial charge in [0, 0.05) is 10.0 Å². The van der Waals surface area contributed by atoms with Crippen molar-refractivity contribution in [2.24, 2.45) is 5.73 Å². The minimum absolute atomic E-state index is 0.372. The Morgan fingerprint density at radius 1 is 1.21 bits per heavy atom. The fourth-order valence-electron chi connectivity index (χ4n) is 1.59. The van der Waals surface area contributed by atoms with Gasteiger partial charge in [-0.05, 0) is 48.9 Å². The summed E-state index contributed by atoms with van der Waals surface area (Å²) in [7, 11) is 0. The second kappa shape index (κ2) is 5.90. The first kappa shape index (κ1) is 14.3. The van der Waals surface area contributed by atoms with Crippen LogP contribution in [-0.2, 0) is 0 Å². The summed E-state index contributed by atoms with van der Waals surface area (Å²) in [5, 5.41) is 0.548. The van der Waals surface area contributed by atoms with Gasteiger partial charge >= 0.3 is 0 Å². The maximum atomic E-state index is 6.12. The first-order valence-corrected chi connectivity index (χ1v) is 7.08. The van der Waals surface area contributed by atoms with Crippen LogP contribution in [0.4, 0.5) is 0 Å². The molecule has 0 bridgehead atoms. The molecule has 0 fully saturated rings. The molecule has 5 heteroatoms. The minimum atomic E-state index is 0.372. The third-order valence-electron chi connectivity index (χ3n) is 2.57. The van der Waals surface area contributed by atoms with E-state index in [0.29, 0.717) is 15.8 Å². The van der Waals surface area contributed by atoms with E-state index in [-0.39, 0.29) is 0 Å². The van der Waals surface area contributed by atoms with E-state index in [2.05, 4.69) is 15.9 Å². The molecule has 98 valence electrons. The summed E-state index contributed by atoms with van der Waals surface area (Å²) in [6.45, 7) is 1.93. The van der Waals surface area contributed by atoms with Crippen molar-refractivity contribution in [2.75, 3.05) is 0 Å².